The summed E-state index contributed by atoms with van der Waals surface area (Å²) in [5.74, 6) is -0.912. The number of ketones is 2. The first-order valence-corrected chi connectivity index (χ1v) is 8.39. The molecule has 1 fully saturated rings. The van der Waals surface area contributed by atoms with E-state index in [1.807, 2.05) is 0 Å². The van der Waals surface area contributed by atoms with Crippen molar-refractivity contribution in [3.63, 3.8) is 0 Å². The molecule has 0 unspecified atom stereocenters. The quantitative estimate of drug-likeness (QED) is 0.662. The van der Waals surface area contributed by atoms with E-state index in [1.165, 1.54) is 0 Å². The summed E-state index contributed by atoms with van der Waals surface area (Å²) in [6.07, 6.45) is 3.29. The summed E-state index contributed by atoms with van der Waals surface area (Å²) in [4.78, 5) is 25.4. The van der Waals surface area contributed by atoms with Crippen molar-refractivity contribution in [3.8, 4) is 0 Å². The number of hydrogen-bond donors (Lipinski definition) is 1. The molecule has 1 heterocycles. The Morgan fingerprint density at radius 2 is 2.08 bits per heavy atom. The number of carbonyl (C=O) groups excluding carboxylic acids is 2. The molecule has 1 aromatic carbocycles. The van der Waals surface area contributed by atoms with Gasteiger partial charge in [0.1, 0.15) is 11.3 Å². The van der Waals surface area contributed by atoms with Crippen molar-refractivity contribution in [3.05, 3.63) is 58.3 Å². The standard InChI is InChI=1S/C19H19ClO4/c1-2-3-4-15(21)16-17(22)13-11-12(20)5-6-14(13)19(18(16)23)7-9-24-10-8-19/h2,5-6,11,23H,1,3-4,7-10H2. The molecule has 1 aliphatic heterocycles. The second-order valence-corrected chi connectivity index (χ2v) is 6.62. The van der Waals surface area contributed by atoms with Crippen LogP contribution in [-0.2, 0) is 14.9 Å². The van der Waals surface area contributed by atoms with Gasteiger partial charge < -0.3 is 9.84 Å². The van der Waals surface area contributed by atoms with Crippen molar-refractivity contribution in [1.29, 1.82) is 0 Å². The second-order valence-electron chi connectivity index (χ2n) is 6.19. The van der Waals surface area contributed by atoms with E-state index in [0.29, 0.717) is 43.1 Å². The summed E-state index contributed by atoms with van der Waals surface area (Å²) in [6, 6.07) is 5.08. The van der Waals surface area contributed by atoms with Crippen LogP contribution in [0.25, 0.3) is 0 Å². The Labute approximate surface area is 145 Å². The molecular weight excluding hydrogens is 328 g/mol. The molecule has 3 rings (SSSR count). The maximum Gasteiger partial charge on any atom is 0.200 e. The first kappa shape index (κ1) is 16.9. The lowest BCUT2D eigenvalue weighted by Crippen LogP contribution is -2.42. The van der Waals surface area contributed by atoms with E-state index < -0.39 is 11.2 Å². The fraction of sp³-hybridized carbons (Fsp3) is 0.368. The minimum absolute atomic E-state index is 0.103. The smallest absolute Gasteiger partial charge is 0.200 e. The summed E-state index contributed by atoms with van der Waals surface area (Å²) in [5.41, 5.74) is 0.293. The summed E-state index contributed by atoms with van der Waals surface area (Å²) in [6.45, 7) is 4.53. The molecule has 0 atom stereocenters. The number of rotatable bonds is 4. The van der Waals surface area contributed by atoms with E-state index in [2.05, 4.69) is 6.58 Å². The summed E-state index contributed by atoms with van der Waals surface area (Å²) in [5, 5.41) is 11.4. The average molecular weight is 347 g/mol. The van der Waals surface area contributed by atoms with Gasteiger partial charge in [0.05, 0.1) is 5.41 Å². The van der Waals surface area contributed by atoms with Gasteiger partial charge in [0.2, 0.25) is 0 Å². The van der Waals surface area contributed by atoms with Crippen molar-refractivity contribution >= 4 is 23.2 Å². The van der Waals surface area contributed by atoms with E-state index in [4.69, 9.17) is 16.3 Å². The topological polar surface area (TPSA) is 63.6 Å². The minimum Gasteiger partial charge on any atom is -0.510 e. The van der Waals surface area contributed by atoms with Crippen molar-refractivity contribution < 1.29 is 19.4 Å². The van der Waals surface area contributed by atoms with Gasteiger partial charge >= 0.3 is 0 Å². The predicted molar refractivity (Wildman–Crippen MR) is 91.6 cm³/mol. The van der Waals surface area contributed by atoms with E-state index >= 15 is 0 Å². The van der Waals surface area contributed by atoms with Gasteiger partial charge in [0, 0.05) is 30.2 Å². The molecule has 126 valence electrons. The lowest BCUT2D eigenvalue weighted by molar-refractivity contribution is -0.115. The predicted octanol–water partition coefficient (Wildman–Crippen LogP) is 3.93. The Hall–Kier alpha value is -1.91. The number of carbonyl (C=O) groups is 2. The second kappa shape index (κ2) is 6.54. The highest BCUT2D eigenvalue weighted by Gasteiger charge is 2.48. The van der Waals surface area contributed by atoms with Gasteiger partial charge in [-0.1, -0.05) is 23.7 Å². The van der Waals surface area contributed by atoms with Gasteiger partial charge in [-0.3, -0.25) is 9.59 Å². The molecule has 2 aliphatic rings. The van der Waals surface area contributed by atoms with Crippen LogP contribution in [-0.4, -0.2) is 29.9 Å². The zero-order valence-corrected chi connectivity index (χ0v) is 14.1. The number of aliphatic hydroxyl groups excluding tert-OH is 1. The Morgan fingerprint density at radius 1 is 1.38 bits per heavy atom. The van der Waals surface area contributed by atoms with Gasteiger partial charge in [0.25, 0.3) is 0 Å². The molecule has 24 heavy (non-hydrogen) atoms. The third kappa shape index (κ3) is 2.60. The van der Waals surface area contributed by atoms with E-state index in [9.17, 15) is 14.7 Å². The molecule has 0 aromatic heterocycles. The highest BCUT2D eigenvalue weighted by atomic mass is 35.5. The number of halogens is 1. The fourth-order valence-electron chi connectivity index (χ4n) is 3.57. The molecule has 1 N–H and O–H groups in total. The lowest BCUT2D eigenvalue weighted by Gasteiger charge is -2.41. The summed E-state index contributed by atoms with van der Waals surface area (Å²) >= 11 is 6.06. The van der Waals surface area contributed by atoms with Crippen molar-refractivity contribution in [2.24, 2.45) is 0 Å². The van der Waals surface area contributed by atoms with Crippen LogP contribution in [0.2, 0.25) is 5.02 Å². The maximum atomic E-state index is 12.9. The average Bonchev–Trinajstić information content (AvgIpc) is 2.59. The third-order valence-electron chi connectivity index (χ3n) is 4.86. The monoisotopic (exact) mass is 346 g/mol. The van der Waals surface area contributed by atoms with E-state index in [-0.39, 0.29) is 23.5 Å². The van der Waals surface area contributed by atoms with Crippen molar-refractivity contribution in [2.45, 2.75) is 31.1 Å². The van der Waals surface area contributed by atoms with Crippen LogP contribution >= 0.6 is 11.6 Å². The van der Waals surface area contributed by atoms with Crippen LogP contribution in [0.4, 0.5) is 0 Å². The molecule has 1 aromatic rings. The Bertz CT molecular complexity index is 742. The third-order valence-corrected chi connectivity index (χ3v) is 5.09. The van der Waals surface area contributed by atoms with Crippen LogP contribution < -0.4 is 0 Å². The van der Waals surface area contributed by atoms with Crippen molar-refractivity contribution in [1.82, 2.24) is 0 Å². The lowest BCUT2D eigenvalue weighted by atomic mass is 9.65. The molecule has 0 radical (unpaired) electrons. The zero-order chi connectivity index (χ0) is 17.3. The molecule has 0 amide bonds. The highest BCUT2D eigenvalue weighted by Crippen LogP contribution is 2.47. The molecule has 0 bridgehead atoms. The molecule has 5 heteroatoms. The Kier molecular flexibility index (Phi) is 4.61. The SMILES string of the molecule is C=CCCC(=O)C1=C(O)C2(CCOCC2)c2ccc(Cl)cc2C1=O. The number of aliphatic hydroxyl groups is 1. The first-order chi connectivity index (χ1) is 11.5. The van der Waals surface area contributed by atoms with Crippen LogP contribution in [0.1, 0.15) is 41.6 Å². The number of hydrogen-bond acceptors (Lipinski definition) is 4. The Balaban J connectivity index is 2.18. The fourth-order valence-corrected chi connectivity index (χ4v) is 3.75. The maximum absolute atomic E-state index is 12.9. The zero-order valence-electron chi connectivity index (χ0n) is 13.3. The molecule has 1 saturated heterocycles. The van der Waals surface area contributed by atoms with E-state index in [0.717, 1.165) is 5.56 Å². The number of fused-ring (bicyclic) bond motifs is 2. The number of Topliss-reactive ketones (excluding diaryl/α,β-unsaturated/α-hetero) is 2. The molecule has 1 spiro atoms. The summed E-state index contributed by atoms with van der Waals surface area (Å²) in [7, 11) is 0. The van der Waals surface area contributed by atoms with Crippen LogP contribution in [0, 0.1) is 0 Å². The van der Waals surface area contributed by atoms with Gasteiger partial charge in [-0.15, -0.1) is 6.58 Å². The van der Waals surface area contributed by atoms with Gasteiger partial charge in [-0.25, -0.2) is 0 Å². The minimum atomic E-state index is -0.745. The normalized spacial score (nSPS) is 19.3. The van der Waals surface area contributed by atoms with Crippen LogP contribution in [0.3, 0.4) is 0 Å². The van der Waals surface area contributed by atoms with Crippen LogP contribution in [0.5, 0.6) is 0 Å². The van der Waals surface area contributed by atoms with Crippen LogP contribution in [0.15, 0.2) is 42.2 Å². The molecular formula is C19H19ClO4. The molecule has 4 nitrogen and oxygen atoms in total. The van der Waals surface area contributed by atoms with Crippen molar-refractivity contribution in [2.75, 3.05) is 13.2 Å². The van der Waals surface area contributed by atoms with E-state index in [1.54, 1.807) is 24.3 Å². The summed E-state index contributed by atoms with van der Waals surface area (Å²) < 4.78 is 5.43. The number of allylic oxidation sites excluding steroid dienone is 3. The Morgan fingerprint density at radius 3 is 2.75 bits per heavy atom. The number of benzene rings is 1. The van der Waals surface area contributed by atoms with Gasteiger partial charge in [-0.2, -0.15) is 0 Å². The highest BCUT2D eigenvalue weighted by molar-refractivity contribution is 6.32. The van der Waals surface area contributed by atoms with Gasteiger partial charge in [-0.05, 0) is 37.0 Å². The van der Waals surface area contributed by atoms with Gasteiger partial charge in [0.15, 0.2) is 11.6 Å². The number of ether oxygens (including phenoxy) is 1. The largest absolute Gasteiger partial charge is 0.510 e. The first-order valence-electron chi connectivity index (χ1n) is 8.01. The molecule has 0 saturated carbocycles. The molecule has 1 aliphatic carbocycles.